The minimum Gasteiger partial charge on any atom is -0.479 e. The average molecular weight is 581 g/mol. The zero-order valence-corrected chi connectivity index (χ0v) is 19.5. The summed E-state index contributed by atoms with van der Waals surface area (Å²) in [5, 5.41) is 119. The Bertz CT molecular complexity index is 469. The maximum absolute atomic E-state index is 9.52. The van der Waals surface area contributed by atoms with E-state index in [9.17, 15) is 24.0 Å². The van der Waals surface area contributed by atoms with Gasteiger partial charge < -0.3 is 76.6 Å². The van der Waals surface area contributed by atoms with Crippen LogP contribution in [0.2, 0.25) is 0 Å². The Morgan fingerprint density at radius 2 is 0.444 bits per heavy atom. The summed E-state index contributed by atoms with van der Waals surface area (Å²) in [6, 6.07) is 0. The maximum Gasteiger partial charge on any atom is 0.334 e. The third-order valence-electron chi connectivity index (χ3n) is 2.29. The summed E-state index contributed by atoms with van der Waals surface area (Å²) >= 11 is 0. The van der Waals surface area contributed by atoms with Gasteiger partial charge in [0.2, 0.25) is 0 Å². The second-order valence-corrected chi connectivity index (χ2v) is 5.18. The van der Waals surface area contributed by atoms with E-state index in [4.69, 9.17) is 76.6 Å². The first-order valence-electron chi connectivity index (χ1n) is 8.50. The van der Waals surface area contributed by atoms with E-state index in [1.54, 1.807) is 0 Å². The Balaban J connectivity index is -0.0000000776. The molecular formula is C15H30O20V. The number of carbonyl (C=O) groups is 5. The average Bonchev–Trinajstić information content (AvgIpc) is 2.82. The number of aliphatic hydroxyl groups is 10. The van der Waals surface area contributed by atoms with Crippen molar-refractivity contribution in [3.8, 4) is 0 Å². The second kappa shape index (κ2) is 30.6. The summed E-state index contributed by atoms with van der Waals surface area (Å²) in [6.45, 7) is -3.63. The molecule has 1 radical (unpaired) electrons. The van der Waals surface area contributed by atoms with Crippen molar-refractivity contribution in [1.29, 1.82) is 0 Å². The van der Waals surface area contributed by atoms with Crippen LogP contribution in [0, 0.1) is 0 Å². The molecule has 0 fully saturated rings. The maximum atomic E-state index is 9.52. The van der Waals surface area contributed by atoms with Crippen molar-refractivity contribution in [2.75, 3.05) is 33.0 Å². The topological polar surface area (TPSA) is 389 Å². The Kier molecular flexibility index (Phi) is 39.8. The van der Waals surface area contributed by atoms with Crippen LogP contribution < -0.4 is 0 Å². The summed E-state index contributed by atoms with van der Waals surface area (Å²) < 4.78 is 0. The quantitative estimate of drug-likeness (QED) is 0.114. The van der Waals surface area contributed by atoms with Crippen LogP contribution in [0.3, 0.4) is 0 Å². The third kappa shape index (κ3) is 38.8. The fraction of sp³-hybridized carbons (Fsp3) is 0.667. The summed E-state index contributed by atoms with van der Waals surface area (Å²) in [5.41, 5.74) is 0. The monoisotopic (exact) mass is 581 g/mol. The molecule has 0 aliphatic rings. The molecule has 0 aromatic rings. The van der Waals surface area contributed by atoms with Gasteiger partial charge in [-0.25, -0.2) is 24.0 Å². The number of carboxylic acid groups (broad SMARTS) is 5. The van der Waals surface area contributed by atoms with Gasteiger partial charge in [0.05, 0.1) is 33.0 Å². The van der Waals surface area contributed by atoms with Gasteiger partial charge in [-0.15, -0.1) is 0 Å². The molecule has 21 heteroatoms. The zero-order valence-electron chi connectivity index (χ0n) is 18.1. The standard InChI is InChI=1S/5C3H6O4.V/c5*4-1-2(5)3(6)7;/h5*2,4-5H,1H2,(H,6,7);. The second-order valence-electron chi connectivity index (χ2n) is 5.18. The molecule has 0 aliphatic heterocycles. The van der Waals surface area contributed by atoms with Crippen molar-refractivity contribution in [2.24, 2.45) is 0 Å². The summed E-state index contributed by atoms with van der Waals surface area (Å²) in [6.07, 6.45) is -8.13. The van der Waals surface area contributed by atoms with Crippen molar-refractivity contribution >= 4 is 29.8 Å². The molecule has 0 amide bonds. The molecule has 215 valence electrons. The molecule has 0 spiro atoms. The van der Waals surface area contributed by atoms with Gasteiger partial charge in [0, 0.05) is 18.6 Å². The number of hydrogen-bond acceptors (Lipinski definition) is 15. The summed E-state index contributed by atoms with van der Waals surface area (Å²) in [4.78, 5) is 47.6. The fourth-order valence-corrected chi connectivity index (χ4v) is 0.390. The van der Waals surface area contributed by atoms with Crippen LogP contribution in [0.5, 0.6) is 0 Å². The molecule has 0 heterocycles. The molecule has 5 unspecified atom stereocenters. The van der Waals surface area contributed by atoms with Gasteiger partial charge in [0.25, 0.3) is 0 Å². The van der Waals surface area contributed by atoms with Crippen LogP contribution in [0.4, 0.5) is 0 Å². The van der Waals surface area contributed by atoms with Crippen molar-refractivity contribution in [1.82, 2.24) is 0 Å². The van der Waals surface area contributed by atoms with Gasteiger partial charge in [-0.1, -0.05) is 0 Å². The molecule has 0 aromatic carbocycles. The van der Waals surface area contributed by atoms with Gasteiger partial charge in [-0.05, 0) is 0 Å². The molecule has 0 aliphatic carbocycles. The van der Waals surface area contributed by atoms with Gasteiger partial charge in [-0.2, -0.15) is 0 Å². The van der Waals surface area contributed by atoms with Crippen LogP contribution in [-0.2, 0) is 42.5 Å². The van der Waals surface area contributed by atoms with Crippen LogP contribution >= 0.6 is 0 Å². The van der Waals surface area contributed by atoms with Gasteiger partial charge in [0.1, 0.15) is 0 Å². The first-order chi connectivity index (χ1) is 15.9. The Morgan fingerprint density at radius 1 is 0.361 bits per heavy atom. The smallest absolute Gasteiger partial charge is 0.334 e. The predicted molar refractivity (Wildman–Crippen MR) is 104 cm³/mol. The van der Waals surface area contributed by atoms with Crippen molar-refractivity contribution in [3.05, 3.63) is 0 Å². The molecule has 36 heavy (non-hydrogen) atoms. The van der Waals surface area contributed by atoms with E-state index in [2.05, 4.69) is 0 Å². The zero-order chi connectivity index (χ0) is 29.3. The Morgan fingerprint density at radius 3 is 0.444 bits per heavy atom. The summed E-state index contributed by atoms with van der Waals surface area (Å²) in [7, 11) is 0. The van der Waals surface area contributed by atoms with Gasteiger partial charge in [-0.3, -0.25) is 0 Å². The molecule has 0 saturated carbocycles. The molecular weight excluding hydrogens is 551 g/mol. The number of rotatable bonds is 10. The minimum absolute atomic E-state index is 0. The van der Waals surface area contributed by atoms with Gasteiger partial charge >= 0.3 is 29.8 Å². The molecule has 0 rings (SSSR count). The van der Waals surface area contributed by atoms with Crippen molar-refractivity contribution in [2.45, 2.75) is 30.5 Å². The fourth-order valence-electron chi connectivity index (χ4n) is 0.390. The van der Waals surface area contributed by atoms with Crippen molar-refractivity contribution < 1.29 is 119 Å². The largest absolute Gasteiger partial charge is 0.479 e. The molecule has 0 bridgehead atoms. The molecule has 15 N–H and O–H groups in total. The van der Waals surface area contributed by atoms with E-state index in [0.717, 1.165) is 0 Å². The molecule has 0 aromatic heterocycles. The molecule has 20 nitrogen and oxygen atoms in total. The van der Waals surface area contributed by atoms with Crippen LogP contribution in [0.25, 0.3) is 0 Å². The van der Waals surface area contributed by atoms with E-state index in [1.165, 1.54) is 0 Å². The van der Waals surface area contributed by atoms with E-state index < -0.39 is 93.4 Å². The first-order valence-corrected chi connectivity index (χ1v) is 8.50. The Labute approximate surface area is 213 Å². The molecule has 5 atom stereocenters. The summed E-state index contributed by atoms with van der Waals surface area (Å²) in [5.74, 6) is -7.00. The number of aliphatic carboxylic acids is 5. The van der Waals surface area contributed by atoms with E-state index in [1.807, 2.05) is 0 Å². The van der Waals surface area contributed by atoms with Gasteiger partial charge in [0.15, 0.2) is 30.5 Å². The van der Waals surface area contributed by atoms with Crippen LogP contribution in [0.1, 0.15) is 0 Å². The number of hydrogen-bond donors (Lipinski definition) is 15. The van der Waals surface area contributed by atoms with E-state index in [-0.39, 0.29) is 18.6 Å². The molecule has 0 saturated heterocycles. The number of carboxylic acids is 5. The predicted octanol–water partition coefficient (Wildman–Crippen LogP) is -7.88. The van der Waals surface area contributed by atoms with E-state index >= 15 is 0 Å². The first kappa shape index (κ1) is 46.8. The third-order valence-corrected chi connectivity index (χ3v) is 2.29. The van der Waals surface area contributed by atoms with Crippen LogP contribution in [-0.4, -0.2) is 170 Å². The number of aliphatic hydroxyl groups excluding tert-OH is 10. The normalized spacial score (nSPS) is 13.1. The SMILES string of the molecule is O=C(O)C(O)CO.O=C(O)C(O)CO.O=C(O)C(O)CO.O=C(O)C(O)CO.O=C(O)C(O)CO.[V]. The minimum atomic E-state index is -1.63. The Hall–Kier alpha value is -2.47. The van der Waals surface area contributed by atoms with E-state index in [0.29, 0.717) is 0 Å². The van der Waals surface area contributed by atoms with Crippen molar-refractivity contribution in [3.63, 3.8) is 0 Å². The van der Waals surface area contributed by atoms with Crippen LogP contribution in [0.15, 0.2) is 0 Å².